The maximum Gasteiger partial charge on any atom is 0.155 e. The van der Waals surface area contributed by atoms with E-state index in [9.17, 15) is 4.79 Å². The standard InChI is InChI=1S/C21H32O3/c1-20-10-8-15(22)12-14(20)4-5-16-17-6-7-19(24-13-23-3)21(17,2)11-9-18(16)20/h12,16-19H,4-11,13H2,1-3H3/t16-,17-,18-,19-,20-,21-/m0/s1. The van der Waals surface area contributed by atoms with Crippen molar-refractivity contribution < 1.29 is 14.3 Å². The van der Waals surface area contributed by atoms with Crippen LogP contribution in [0.25, 0.3) is 0 Å². The van der Waals surface area contributed by atoms with Gasteiger partial charge in [-0.2, -0.15) is 0 Å². The third-order valence-electron chi connectivity index (χ3n) is 8.26. The van der Waals surface area contributed by atoms with Gasteiger partial charge in [0.05, 0.1) is 6.10 Å². The number of hydrogen-bond acceptors (Lipinski definition) is 3. The summed E-state index contributed by atoms with van der Waals surface area (Å²) in [5.41, 5.74) is 2.07. The van der Waals surface area contributed by atoms with Crippen molar-refractivity contribution in [2.24, 2.45) is 28.6 Å². The minimum Gasteiger partial charge on any atom is -0.359 e. The summed E-state index contributed by atoms with van der Waals surface area (Å²) in [6.45, 7) is 5.35. The lowest BCUT2D eigenvalue weighted by atomic mass is 9.47. The molecule has 0 bridgehead atoms. The van der Waals surface area contributed by atoms with E-state index in [2.05, 4.69) is 13.8 Å². The van der Waals surface area contributed by atoms with E-state index in [1.807, 2.05) is 6.08 Å². The second kappa shape index (κ2) is 5.95. The second-order valence-electron chi connectivity index (χ2n) is 9.15. The van der Waals surface area contributed by atoms with Gasteiger partial charge < -0.3 is 9.47 Å². The maximum atomic E-state index is 11.9. The van der Waals surface area contributed by atoms with Gasteiger partial charge in [-0.1, -0.05) is 19.4 Å². The summed E-state index contributed by atoms with van der Waals surface area (Å²) in [5.74, 6) is 2.73. The van der Waals surface area contributed by atoms with Crippen molar-refractivity contribution in [3.63, 3.8) is 0 Å². The smallest absolute Gasteiger partial charge is 0.155 e. The largest absolute Gasteiger partial charge is 0.359 e. The molecule has 0 aromatic carbocycles. The van der Waals surface area contributed by atoms with Gasteiger partial charge in [0.15, 0.2) is 5.78 Å². The van der Waals surface area contributed by atoms with E-state index in [-0.39, 0.29) is 5.41 Å². The molecule has 3 heteroatoms. The van der Waals surface area contributed by atoms with Crippen molar-refractivity contribution in [2.45, 2.75) is 71.3 Å². The van der Waals surface area contributed by atoms with Crippen LogP contribution in [0.1, 0.15) is 65.2 Å². The van der Waals surface area contributed by atoms with Crippen LogP contribution in [0.5, 0.6) is 0 Å². The Balaban J connectivity index is 1.59. The lowest BCUT2D eigenvalue weighted by Gasteiger charge is -2.58. The molecule has 4 aliphatic rings. The number of carbonyl (C=O) groups excluding carboxylic acids is 1. The van der Waals surface area contributed by atoms with Gasteiger partial charge in [-0.05, 0) is 79.6 Å². The predicted octanol–water partition coefficient (Wildman–Crippen LogP) is 4.51. The van der Waals surface area contributed by atoms with E-state index in [4.69, 9.17) is 9.47 Å². The first kappa shape index (κ1) is 16.8. The number of rotatable bonds is 3. The molecular formula is C21H32O3. The molecule has 0 spiro atoms. The van der Waals surface area contributed by atoms with Gasteiger partial charge in [0, 0.05) is 13.5 Å². The fourth-order valence-electron chi connectivity index (χ4n) is 6.94. The first-order valence-electron chi connectivity index (χ1n) is 9.83. The molecule has 0 aromatic rings. The third kappa shape index (κ3) is 2.34. The highest BCUT2D eigenvalue weighted by Crippen LogP contribution is 2.65. The Morgan fingerprint density at radius 2 is 1.92 bits per heavy atom. The summed E-state index contributed by atoms with van der Waals surface area (Å²) < 4.78 is 11.2. The zero-order valence-electron chi connectivity index (χ0n) is 15.5. The van der Waals surface area contributed by atoms with E-state index in [0.717, 1.165) is 37.0 Å². The van der Waals surface area contributed by atoms with Crippen LogP contribution in [-0.4, -0.2) is 25.8 Å². The molecule has 0 heterocycles. The highest BCUT2D eigenvalue weighted by Gasteiger charge is 2.59. The highest BCUT2D eigenvalue weighted by atomic mass is 16.7. The summed E-state index contributed by atoms with van der Waals surface area (Å²) in [6, 6.07) is 0. The van der Waals surface area contributed by atoms with E-state index in [0.29, 0.717) is 24.1 Å². The summed E-state index contributed by atoms with van der Waals surface area (Å²) in [6.07, 6.45) is 11.7. The number of allylic oxidation sites excluding steroid dienone is 1. The molecule has 3 nitrogen and oxygen atoms in total. The lowest BCUT2D eigenvalue weighted by molar-refractivity contribution is -0.138. The van der Waals surface area contributed by atoms with Gasteiger partial charge >= 0.3 is 0 Å². The summed E-state index contributed by atoms with van der Waals surface area (Å²) in [5, 5.41) is 0. The van der Waals surface area contributed by atoms with E-state index < -0.39 is 0 Å². The molecule has 0 unspecified atom stereocenters. The SMILES string of the molecule is COCO[C@H]1CC[C@H]2[C@@H]3CCC4=CC(=O)CC[C@]4(C)[C@H]3CC[C@]12C. The van der Waals surface area contributed by atoms with Crippen LogP contribution in [0, 0.1) is 28.6 Å². The highest BCUT2D eigenvalue weighted by molar-refractivity contribution is 5.91. The molecule has 4 rings (SSSR count). The Labute approximate surface area is 146 Å². The van der Waals surface area contributed by atoms with Gasteiger partial charge in [-0.15, -0.1) is 0 Å². The molecule has 3 saturated carbocycles. The van der Waals surface area contributed by atoms with E-state index >= 15 is 0 Å². The molecule has 0 radical (unpaired) electrons. The molecule has 0 N–H and O–H groups in total. The van der Waals surface area contributed by atoms with Gasteiger partial charge in [0.1, 0.15) is 6.79 Å². The Bertz CT molecular complexity index is 553. The summed E-state index contributed by atoms with van der Waals surface area (Å²) >= 11 is 0. The quantitative estimate of drug-likeness (QED) is 0.714. The Hall–Kier alpha value is -0.670. The second-order valence-corrected chi connectivity index (χ2v) is 9.15. The fraction of sp³-hybridized carbons (Fsp3) is 0.857. The molecule has 0 aliphatic heterocycles. The van der Waals surface area contributed by atoms with Gasteiger partial charge in [-0.25, -0.2) is 0 Å². The molecule has 0 amide bonds. The monoisotopic (exact) mass is 332 g/mol. The van der Waals surface area contributed by atoms with Crippen LogP contribution < -0.4 is 0 Å². The predicted molar refractivity (Wildman–Crippen MR) is 93.5 cm³/mol. The van der Waals surface area contributed by atoms with Crippen molar-refractivity contribution in [1.29, 1.82) is 0 Å². The fourth-order valence-corrected chi connectivity index (χ4v) is 6.94. The number of fused-ring (bicyclic) bond motifs is 5. The molecular weight excluding hydrogens is 300 g/mol. The molecule has 0 saturated heterocycles. The summed E-state index contributed by atoms with van der Waals surface area (Å²) in [7, 11) is 1.71. The first-order chi connectivity index (χ1) is 11.5. The van der Waals surface area contributed by atoms with Crippen LogP contribution in [0.15, 0.2) is 11.6 Å². The van der Waals surface area contributed by atoms with Gasteiger partial charge in [-0.3, -0.25) is 4.79 Å². The minimum absolute atomic E-state index is 0.281. The number of ketones is 1. The molecule has 0 aromatic heterocycles. The Morgan fingerprint density at radius 3 is 2.71 bits per heavy atom. The molecule has 3 fully saturated rings. The van der Waals surface area contributed by atoms with E-state index in [1.54, 1.807) is 7.11 Å². The topological polar surface area (TPSA) is 35.5 Å². The van der Waals surface area contributed by atoms with Crippen LogP contribution in [0.2, 0.25) is 0 Å². The maximum absolute atomic E-state index is 11.9. The van der Waals surface area contributed by atoms with Gasteiger partial charge in [0.25, 0.3) is 0 Å². The van der Waals surface area contributed by atoms with Crippen LogP contribution in [0.3, 0.4) is 0 Å². The van der Waals surface area contributed by atoms with Crippen molar-refractivity contribution in [1.82, 2.24) is 0 Å². The number of carbonyl (C=O) groups is 1. The zero-order valence-corrected chi connectivity index (χ0v) is 15.5. The van der Waals surface area contributed by atoms with E-state index in [1.165, 1.54) is 37.7 Å². The molecule has 4 aliphatic carbocycles. The normalized spacial score (nSPS) is 47.6. The van der Waals surface area contributed by atoms with Crippen LogP contribution >= 0.6 is 0 Å². The third-order valence-corrected chi connectivity index (χ3v) is 8.26. The van der Waals surface area contributed by atoms with Crippen molar-refractivity contribution in [3.05, 3.63) is 11.6 Å². The Kier molecular flexibility index (Phi) is 4.16. The van der Waals surface area contributed by atoms with Crippen LogP contribution in [0.4, 0.5) is 0 Å². The van der Waals surface area contributed by atoms with Gasteiger partial charge in [0.2, 0.25) is 0 Å². The first-order valence-corrected chi connectivity index (χ1v) is 9.83. The average Bonchev–Trinajstić information content (AvgIpc) is 2.90. The van der Waals surface area contributed by atoms with Crippen molar-refractivity contribution in [2.75, 3.05) is 13.9 Å². The van der Waals surface area contributed by atoms with Crippen molar-refractivity contribution >= 4 is 5.78 Å². The molecule has 134 valence electrons. The van der Waals surface area contributed by atoms with Crippen LogP contribution in [-0.2, 0) is 14.3 Å². The lowest BCUT2D eigenvalue weighted by Crippen LogP contribution is -2.51. The van der Waals surface area contributed by atoms with Crippen molar-refractivity contribution in [3.8, 4) is 0 Å². The molecule has 6 atom stereocenters. The Morgan fingerprint density at radius 1 is 1.08 bits per heavy atom. The summed E-state index contributed by atoms with van der Waals surface area (Å²) in [4.78, 5) is 11.9. The zero-order chi connectivity index (χ0) is 16.9. The number of hydrogen-bond donors (Lipinski definition) is 0. The minimum atomic E-state index is 0.281. The average molecular weight is 332 g/mol. The molecule has 24 heavy (non-hydrogen) atoms. The number of methoxy groups -OCH3 is 1. The number of ether oxygens (including phenoxy) is 2.